The summed E-state index contributed by atoms with van der Waals surface area (Å²) in [6.07, 6.45) is 4.82. The maximum Gasteiger partial charge on any atom is 0.245 e. The van der Waals surface area contributed by atoms with E-state index in [-0.39, 0.29) is 18.0 Å². The van der Waals surface area contributed by atoms with Crippen molar-refractivity contribution in [2.45, 2.75) is 50.8 Å². The highest BCUT2D eigenvalue weighted by Crippen LogP contribution is 2.34. The van der Waals surface area contributed by atoms with Gasteiger partial charge in [-0.2, -0.15) is 5.26 Å². The fourth-order valence-electron chi connectivity index (χ4n) is 3.73. The van der Waals surface area contributed by atoms with Crippen LogP contribution in [0.1, 0.15) is 67.2 Å². The Morgan fingerprint density at radius 2 is 2.08 bits per heavy atom. The van der Waals surface area contributed by atoms with Crippen molar-refractivity contribution in [2.24, 2.45) is 0 Å². The fraction of sp³-hybridized carbons (Fsp3) is 0.526. The van der Waals surface area contributed by atoms with E-state index in [2.05, 4.69) is 21.2 Å². The SMILES string of the molecule is N#Cc1ccc(F)c(CN2CCCCC2c2nnc([C@H]3CCCO3)o2)c1. The predicted molar refractivity (Wildman–Crippen MR) is 90.3 cm³/mol. The number of likely N-dealkylation sites (tertiary alicyclic amines) is 1. The summed E-state index contributed by atoms with van der Waals surface area (Å²) in [4.78, 5) is 2.16. The molecule has 2 atom stereocenters. The average Bonchev–Trinajstić information content (AvgIpc) is 3.35. The van der Waals surface area contributed by atoms with Gasteiger partial charge in [0.25, 0.3) is 0 Å². The molecule has 2 saturated heterocycles. The molecular formula is C19H21FN4O2. The number of hydrogen-bond acceptors (Lipinski definition) is 6. The van der Waals surface area contributed by atoms with E-state index in [9.17, 15) is 4.39 Å². The molecule has 1 aromatic carbocycles. The summed E-state index contributed by atoms with van der Waals surface area (Å²) in [6.45, 7) is 1.98. The molecule has 0 saturated carbocycles. The third-order valence-corrected chi connectivity index (χ3v) is 5.11. The van der Waals surface area contributed by atoms with Crippen molar-refractivity contribution in [2.75, 3.05) is 13.2 Å². The second kappa shape index (κ2) is 7.52. The normalized spacial score (nSPS) is 23.8. The number of nitriles is 1. The number of ether oxygens (including phenoxy) is 1. The molecule has 2 aromatic rings. The average molecular weight is 356 g/mol. The van der Waals surface area contributed by atoms with Crippen molar-refractivity contribution in [1.82, 2.24) is 15.1 Å². The molecule has 3 heterocycles. The number of benzene rings is 1. The van der Waals surface area contributed by atoms with Crippen molar-refractivity contribution in [1.29, 1.82) is 5.26 Å². The molecule has 1 unspecified atom stereocenters. The van der Waals surface area contributed by atoms with Gasteiger partial charge in [0.15, 0.2) is 0 Å². The lowest BCUT2D eigenvalue weighted by molar-refractivity contribution is 0.0793. The van der Waals surface area contributed by atoms with Gasteiger partial charge in [0.2, 0.25) is 11.8 Å². The van der Waals surface area contributed by atoms with Crippen LogP contribution in [-0.4, -0.2) is 28.2 Å². The second-order valence-corrected chi connectivity index (χ2v) is 6.88. The molecule has 2 aliphatic rings. The van der Waals surface area contributed by atoms with E-state index in [4.69, 9.17) is 14.4 Å². The second-order valence-electron chi connectivity index (χ2n) is 6.88. The van der Waals surface area contributed by atoms with Gasteiger partial charge in [0.05, 0.1) is 17.7 Å². The Kier molecular flexibility index (Phi) is 4.96. The zero-order valence-corrected chi connectivity index (χ0v) is 14.5. The Balaban J connectivity index is 1.54. The fourth-order valence-corrected chi connectivity index (χ4v) is 3.73. The van der Waals surface area contributed by atoms with Crippen molar-refractivity contribution >= 4 is 0 Å². The maximum atomic E-state index is 14.2. The molecule has 0 N–H and O–H groups in total. The molecule has 0 amide bonds. The van der Waals surface area contributed by atoms with Crippen LogP contribution < -0.4 is 0 Å². The zero-order valence-electron chi connectivity index (χ0n) is 14.5. The number of halogens is 1. The molecule has 0 radical (unpaired) electrons. The van der Waals surface area contributed by atoms with Gasteiger partial charge in [0, 0.05) is 18.7 Å². The van der Waals surface area contributed by atoms with Gasteiger partial charge >= 0.3 is 0 Å². The lowest BCUT2D eigenvalue weighted by atomic mass is 10.0. The quantitative estimate of drug-likeness (QED) is 0.832. The van der Waals surface area contributed by atoms with Crippen molar-refractivity contribution in [3.8, 4) is 6.07 Å². The molecule has 4 rings (SSSR count). The van der Waals surface area contributed by atoms with E-state index in [1.807, 2.05) is 0 Å². The van der Waals surface area contributed by atoms with Gasteiger partial charge in [-0.1, -0.05) is 6.42 Å². The zero-order chi connectivity index (χ0) is 17.9. The Morgan fingerprint density at radius 1 is 1.19 bits per heavy atom. The van der Waals surface area contributed by atoms with Crippen LogP contribution in [0.2, 0.25) is 0 Å². The number of nitrogens with zero attached hydrogens (tertiary/aromatic N) is 4. The first-order chi connectivity index (χ1) is 12.7. The first-order valence-corrected chi connectivity index (χ1v) is 9.12. The van der Waals surface area contributed by atoms with E-state index in [1.165, 1.54) is 12.1 Å². The van der Waals surface area contributed by atoms with Crippen molar-refractivity contribution in [3.63, 3.8) is 0 Å². The topological polar surface area (TPSA) is 75.2 Å². The summed E-state index contributed by atoms with van der Waals surface area (Å²) in [7, 11) is 0. The first kappa shape index (κ1) is 17.1. The molecular weight excluding hydrogens is 335 g/mol. The monoisotopic (exact) mass is 356 g/mol. The molecule has 0 aliphatic carbocycles. The third kappa shape index (κ3) is 3.48. The van der Waals surface area contributed by atoms with Gasteiger partial charge in [-0.15, -0.1) is 10.2 Å². The molecule has 0 bridgehead atoms. The predicted octanol–water partition coefficient (Wildman–Crippen LogP) is 3.66. The van der Waals surface area contributed by atoms with Crippen molar-refractivity contribution in [3.05, 3.63) is 46.9 Å². The van der Waals surface area contributed by atoms with Gasteiger partial charge in [-0.05, 0) is 50.4 Å². The summed E-state index contributed by atoms with van der Waals surface area (Å²) in [6, 6.07) is 6.51. The highest BCUT2D eigenvalue weighted by atomic mass is 19.1. The van der Waals surface area contributed by atoms with Gasteiger partial charge < -0.3 is 9.15 Å². The third-order valence-electron chi connectivity index (χ3n) is 5.11. The minimum Gasteiger partial charge on any atom is -0.421 e. The van der Waals surface area contributed by atoms with Crippen LogP contribution in [-0.2, 0) is 11.3 Å². The van der Waals surface area contributed by atoms with E-state index in [0.29, 0.717) is 29.5 Å². The lowest BCUT2D eigenvalue weighted by Gasteiger charge is -2.33. The summed E-state index contributed by atoms with van der Waals surface area (Å²) in [5, 5.41) is 17.5. The van der Waals surface area contributed by atoms with Crippen LogP contribution in [0.25, 0.3) is 0 Å². The number of rotatable bonds is 4. The summed E-state index contributed by atoms with van der Waals surface area (Å²) >= 11 is 0. The van der Waals surface area contributed by atoms with Crippen LogP contribution in [0.5, 0.6) is 0 Å². The largest absolute Gasteiger partial charge is 0.421 e. The van der Waals surface area contributed by atoms with E-state index in [1.54, 1.807) is 6.07 Å². The van der Waals surface area contributed by atoms with Gasteiger partial charge in [-0.25, -0.2) is 4.39 Å². The molecule has 0 spiro atoms. The van der Waals surface area contributed by atoms with Crippen LogP contribution in [0, 0.1) is 17.1 Å². The van der Waals surface area contributed by atoms with Crippen LogP contribution in [0.3, 0.4) is 0 Å². The van der Waals surface area contributed by atoms with Crippen LogP contribution in [0.4, 0.5) is 4.39 Å². The Morgan fingerprint density at radius 3 is 2.88 bits per heavy atom. The smallest absolute Gasteiger partial charge is 0.245 e. The standard InChI is InChI=1S/C19H21FN4O2/c20-15-7-6-13(11-21)10-14(15)12-24-8-2-1-4-16(24)18-22-23-19(26-18)17-5-3-9-25-17/h6-7,10,16-17H,1-5,8-9,12H2/t16?,17-/m1/s1. The molecule has 136 valence electrons. The molecule has 7 heteroatoms. The Hall–Kier alpha value is -2.30. The van der Waals surface area contributed by atoms with Crippen LogP contribution >= 0.6 is 0 Å². The lowest BCUT2D eigenvalue weighted by Crippen LogP contribution is -2.33. The van der Waals surface area contributed by atoms with E-state index < -0.39 is 0 Å². The summed E-state index contributed by atoms with van der Waals surface area (Å²) in [5.41, 5.74) is 0.989. The van der Waals surface area contributed by atoms with E-state index in [0.717, 1.165) is 45.3 Å². The minimum absolute atomic E-state index is 0.0310. The molecule has 1 aromatic heterocycles. The Labute approximate surface area is 151 Å². The summed E-state index contributed by atoms with van der Waals surface area (Å²) in [5.74, 6) is 0.826. The highest BCUT2D eigenvalue weighted by Gasteiger charge is 2.31. The highest BCUT2D eigenvalue weighted by molar-refractivity contribution is 5.33. The number of piperidine rings is 1. The molecule has 2 fully saturated rings. The molecule has 2 aliphatic heterocycles. The Bertz CT molecular complexity index is 810. The maximum absolute atomic E-state index is 14.2. The van der Waals surface area contributed by atoms with Gasteiger partial charge in [-0.3, -0.25) is 4.90 Å². The first-order valence-electron chi connectivity index (χ1n) is 9.12. The molecule has 6 nitrogen and oxygen atoms in total. The van der Waals surface area contributed by atoms with E-state index >= 15 is 0 Å². The number of aromatic nitrogens is 2. The summed E-state index contributed by atoms with van der Waals surface area (Å²) < 4.78 is 25.7. The molecule has 26 heavy (non-hydrogen) atoms. The number of hydrogen-bond donors (Lipinski definition) is 0. The van der Waals surface area contributed by atoms with Crippen molar-refractivity contribution < 1.29 is 13.5 Å². The van der Waals surface area contributed by atoms with Crippen LogP contribution in [0.15, 0.2) is 22.6 Å². The van der Waals surface area contributed by atoms with Gasteiger partial charge in [0.1, 0.15) is 11.9 Å². The minimum atomic E-state index is -0.293.